The average Bonchev–Trinajstić information content (AvgIpc) is 2.69. The molecule has 158 valence electrons. The van der Waals surface area contributed by atoms with Crippen LogP contribution in [0.25, 0.3) is 11.3 Å². The number of nitrogens with zero attached hydrogens (tertiary/aromatic N) is 2. The second kappa shape index (κ2) is 8.74. The lowest BCUT2D eigenvalue weighted by molar-refractivity contribution is 0.288. The molecule has 0 saturated heterocycles. The summed E-state index contributed by atoms with van der Waals surface area (Å²) in [6.07, 6.45) is 1.39. The Morgan fingerprint density at radius 3 is 2.47 bits per heavy atom. The monoisotopic (exact) mass is 431 g/mol. The van der Waals surface area contributed by atoms with Crippen LogP contribution in [0.3, 0.4) is 0 Å². The van der Waals surface area contributed by atoms with Gasteiger partial charge in [0.25, 0.3) is 0 Å². The summed E-state index contributed by atoms with van der Waals surface area (Å²) >= 11 is 0. The highest BCUT2D eigenvalue weighted by Gasteiger charge is 2.19. The van der Waals surface area contributed by atoms with Gasteiger partial charge in [-0.15, -0.1) is 0 Å². The third kappa shape index (κ3) is 4.90. The zero-order valence-electron chi connectivity index (χ0n) is 16.3. The van der Waals surface area contributed by atoms with E-state index in [-0.39, 0.29) is 34.5 Å². The Balaban J connectivity index is 1.97. The van der Waals surface area contributed by atoms with Crippen LogP contribution < -0.4 is 16.2 Å². The number of primary sulfonamides is 1. The number of hydrogen-bond donors (Lipinski definition) is 4. The van der Waals surface area contributed by atoms with Crippen LogP contribution in [0.4, 0.5) is 21.8 Å². The molecule has 0 aliphatic rings. The van der Waals surface area contributed by atoms with Gasteiger partial charge in [0.15, 0.2) is 11.6 Å². The molecule has 0 saturated carbocycles. The van der Waals surface area contributed by atoms with Gasteiger partial charge in [0.1, 0.15) is 5.69 Å². The van der Waals surface area contributed by atoms with Crippen LogP contribution in [0, 0.1) is 12.7 Å². The van der Waals surface area contributed by atoms with Crippen molar-refractivity contribution in [1.82, 2.24) is 9.97 Å². The number of nitrogens with two attached hydrogens (primary N) is 2. The van der Waals surface area contributed by atoms with Gasteiger partial charge in [0.05, 0.1) is 4.90 Å². The van der Waals surface area contributed by atoms with E-state index in [0.29, 0.717) is 17.7 Å². The van der Waals surface area contributed by atoms with Gasteiger partial charge in [-0.3, -0.25) is 0 Å². The minimum atomic E-state index is -3.98. The maximum absolute atomic E-state index is 15.1. The van der Waals surface area contributed by atoms with E-state index < -0.39 is 15.8 Å². The molecule has 3 rings (SSSR count). The number of aryl methyl sites for hydroxylation is 2. The molecule has 2 aromatic carbocycles. The smallest absolute Gasteiger partial charge is 0.238 e. The normalized spacial score (nSPS) is 11.5. The molecule has 1 heterocycles. The first-order valence-electron chi connectivity index (χ1n) is 9.12. The Kier molecular flexibility index (Phi) is 6.30. The predicted molar refractivity (Wildman–Crippen MR) is 113 cm³/mol. The summed E-state index contributed by atoms with van der Waals surface area (Å²) < 4.78 is 38.7. The number of nitrogen functional groups attached to an aromatic ring is 1. The van der Waals surface area contributed by atoms with Crippen LogP contribution in [0.2, 0.25) is 0 Å². The largest absolute Gasteiger partial charge is 0.396 e. The van der Waals surface area contributed by atoms with E-state index in [9.17, 15) is 8.42 Å². The number of sulfonamides is 1. The highest BCUT2D eigenvalue weighted by atomic mass is 32.2. The average molecular weight is 431 g/mol. The summed E-state index contributed by atoms with van der Waals surface area (Å²) in [4.78, 5) is 7.74. The molecule has 0 spiro atoms. The first kappa shape index (κ1) is 21.6. The van der Waals surface area contributed by atoms with Gasteiger partial charge in [-0.25, -0.2) is 22.9 Å². The van der Waals surface area contributed by atoms with E-state index in [1.165, 1.54) is 18.2 Å². The summed E-state index contributed by atoms with van der Waals surface area (Å²) in [6.45, 7) is 1.70. The van der Waals surface area contributed by atoms with Crippen molar-refractivity contribution in [2.24, 2.45) is 5.14 Å². The number of hydrogen-bond acceptors (Lipinski definition) is 7. The zero-order valence-corrected chi connectivity index (χ0v) is 17.1. The number of aliphatic hydroxyl groups is 1. The Hall–Kier alpha value is -3.08. The van der Waals surface area contributed by atoms with Crippen LogP contribution in [0.5, 0.6) is 0 Å². The van der Waals surface area contributed by atoms with Crippen LogP contribution in [0.15, 0.2) is 47.4 Å². The molecule has 10 heteroatoms. The fourth-order valence-electron chi connectivity index (χ4n) is 2.97. The summed E-state index contributed by atoms with van der Waals surface area (Å²) in [5.74, 6) is -1.10. The lowest BCUT2D eigenvalue weighted by Crippen LogP contribution is -2.14. The third-order valence-electron chi connectivity index (χ3n) is 4.48. The maximum atomic E-state index is 15.1. The Morgan fingerprint density at radius 1 is 1.13 bits per heavy atom. The van der Waals surface area contributed by atoms with Crippen LogP contribution >= 0.6 is 0 Å². The van der Waals surface area contributed by atoms with Gasteiger partial charge in [-0.2, -0.15) is 4.98 Å². The minimum absolute atomic E-state index is 0.111. The number of aliphatic hydroxyl groups excluding tert-OH is 1. The molecule has 30 heavy (non-hydrogen) atoms. The molecular weight excluding hydrogens is 409 g/mol. The van der Waals surface area contributed by atoms with Crippen molar-refractivity contribution in [3.05, 3.63) is 59.4 Å². The standard InChI is InChI=1S/C20H22FN5O3S/c1-12-4-7-14(11-16(12)30(23,28)29)18-17(21)19(26-20(22)25-18)24-15-8-5-13(6-9-15)3-2-10-27/h4-9,11,27H,2-3,10H2,1H3,(H2,23,28,29)(H3,22,24,25,26). The lowest BCUT2D eigenvalue weighted by atomic mass is 10.1. The van der Waals surface area contributed by atoms with Crippen molar-refractivity contribution in [3.8, 4) is 11.3 Å². The van der Waals surface area contributed by atoms with E-state index in [1.54, 1.807) is 19.1 Å². The van der Waals surface area contributed by atoms with Crippen LogP contribution in [-0.2, 0) is 16.4 Å². The second-order valence-corrected chi connectivity index (χ2v) is 8.30. The Morgan fingerprint density at radius 2 is 1.83 bits per heavy atom. The van der Waals surface area contributed by atoms with Crippen molar-refractivity contribution >= 4 is 27.5 Å². The van der Waals surface area contributed by atoms with Gasteiger partial charge in [-0.1, -0.05) is 24.3 Å². The van der Waals surface area contributed by atoms with Crippen molar-refractivity contribution in [1.29, 1.82) is 0 Å². The SMILES string of the molecule is Cc1ccc(-c2nc(N)nc(Nc3ccc(CCCO)cc3)c2F)cc1S(N)(=O)=O. The molecule has 0 radical (unpaired) electrons. The number of benzene rings is 2. The lowest BCUT2D eigenvalue weighted by Gasteiger charge is -2.12. The molecule has 0 fully saturated rings. The predicted octanol–water partition coefficient (Wildman–Crippen LogP) is 2.49. The summed E-state index contributed by atoms with van der Waals surface area (Å²) in [5.41, 5.74) is 7.87. The van der Waals surface area contributed by atoms with E-state index in [1.807, 2.05) is 12.1 Å². The van der Waals surface area contributed by atoms with Crippen molar-refractivity contribution in [2.45, 2.75) is 24.7 Å². The number of anilines is 3. The van der Waals surface area contributed by atoms with E-state index in [4.69, 9.17) is 16.0 Å². The first-order valence-corrected chi connectivity index (χ1v) is 10.7. The summed E-state index contributed by atoms with van der Waals surface area (Å²) in [5, 5.41) is 17.0. The van der Waals surface area contributed by atoms with E-state index in [0.717, 1.165) is 12.0 Å². The van der Waals surface area contributed by atoms with Gasteiger partial charge >= 0.3 is 0 Å². The molecule has 1 aromatic heterocycles. The summed E-state index contributed by atoms with van der Waals surface area (Å²) in [7, 11) is -3.98. The molecule has 0 bridgehead atoms. The van der Waals surface area contributed by atoms with Crippen molar-refractivity contribution in [2.75, 3.05) is 17.7 Å². The molecule has 6 N–H and O–H groups in total. The van der Waals surface area contributed by atoms with E-state index in [2.05, 4.69) is 15.3 Å². The highest BCUT2D eigenvalue weighted by Crippen LogP contribution is 2.30. The van der Waals surface area contributed by atoms with Gasteiger partial charge < -0.3 is 16.2 Å². The Bertz CT molecular complexity index is 1170. The molecule has 0 amide bonds. The van der Waals surface area contributed by atoms with Crippen molar-refractivity contribution < 1.29 is 17.9 Å². The molecule has 0 aliphatic heterocycles. The molecule has 0 atom stereocenters. The topological polar surface area (TPSA) is 144 Å². The highest BCUT2D eigenvalue weighted by molar-refractivity contribution is 7.89. The molecular formula is C20H22FN5O3S. The third-order valence-corrected chi connectivity index (χ3v) is 5.53. The van der Waals surface area contributed by atoms with Gasteiger partial charge in [0.2, 0.25) is 16.0 Å². The summed E-state index contributed by atoms with van der Waals surface area (Å²) in [6, 6.07) is 11.6. The molecule has 3 aromatic rings. The molecule has 0 aliphatic carbocycles. The van der Waals surface area contributed by atoms with E-state index >= 15 is 4.39 Å². The minimum Gasteiger partial charge on any atom is -0.396 e. The fourth-order valence-corrected chi connectivity index (χ4v) is 3.78. The van der Waals surface area contributed by atoms with Crippen molar-refractivity contribution in [3.63, 3.8) is 0 Å². The van der Waals surface area contributed by atoms with Crippen LogP contribution in [-0.4, -0.2) is 30.1 Å². The quantitative estimate of drug-likeness (QED) is 0.450. The number of nitrogens with one attached hydrogen (secondary N) is 1. The van der Waals surface area contributed by atoms with Gasteiger partial charge in [-0.05, 0) is 49.1 Å². The number of aromatic nitrogens is 2. The number of halogens is 1. The maximum Gasteiger partial charge on any atom is 0.238 e. The second-order valence-electron chi connectivity index (χ2n) is 6.77. The first-order chi connectivity index (χ1) is 14.2. The Labute approximate surface area is 173 Å². The van der Waals surface area contributed by atoms with Crippen LogP contribution in [0.1, 0.15) is 17.5 Å². The molecule has 8 nitrogen and oxygen atoms in total. The number of rotatable bonds is 7. The fraction of sp³-hybridized carbons (Fsp3) is 0.200. The zero-order chi connectivity index (χ0) is 21.9. The molecule has 0 unspecified atom stereocenters. The van der Waals surface area contributed by atoms with Gasteiger partial charge in [0, 0.05) is 17.9 Å².